The summed E-state index contributed by atoms with van der Waals surface area (Å²) in [5.74, 6) is 0.418. The highest BCUT2D eigenvalue weighted by molar-refractivity contribution is 9.10. The molecule has 1 amide bonds. The summed E-state index contributed by atoms with van der Waals surface area (Å²) in [6, 6.07) is 26.6. The fourth-order valence-electron chi connectivity index (χ4n) is 4.00. The SMILES string of the molecule is COc1cc(/C=N\NC(=O)CN(c2ccccc2C)S(=O)(=O)c2ccccc2)cc(Br)c1OCc1ccc(C)cc1. The summed E-state index contributed by atoms with van der Waals surface area (Å²) in [7, 11) is -2.47. The number of amides is 1. The van der Waals surface area contributed by atoms with Gasteiger partial charge in [-0.3, -0.25) is 9.10 Å². The summed E-state index contributed by atoms with van der Waals surface area (Å²) >= 11 is 3.53. The van der Waals surface area contributed by atoms with Crippen LogP contribution in [0.15, 0.2) is 105 Å². The fourth-order valence-corrected chi connectivity index (χ4v) is 6.08. The molecule has 10 heteroatoms. The van der Waals surface area contributed by atoms with Crippen LogP contribution in [0, 0.1) is 13.8 Å². The van der Waals surface area contributed by atoms with Gasteiger partial charge >= 0.3 is 0 Å². The Bertz CT molecular complexity index is 1640. The number of benzene rings is 4. The molecule has 0 aliphatic rings. The van der Waals surface area contributed by atoms with E-state index >= 15 is 0 Å². The number of nitrogens with zero attached hydrogens (tertiary/aromatic N) is 2. The van der Waals surface area contributed by atoms with Crippen molar-refractivity contribution >= 4 is 43.8 Å². The number of hydrogen-bond donors (Lipinski definition) is 1. The van der Waals surface area contributed by atoms with E-state index in [4.69, 9.17) is 9.47 Å². The topological polar surface area (TPSA) is 97.3 Å². The molecule has 4 rings (SSSR count). The third-order valence-corrected chi connectivity index (χ3v) is 8.52. The lowest BCUT2D eigenvalue weighted by Gasteiger charge is -2.25. The van der Waals surface area contributed by atoms with Gasteiger partial charge in [0.2, 0.25) is 0 Å². The van der Waals surface area contributed by atoms with Crippen molar-refractivity contribution in [2.24, 2.45) is 5.10 Å². The van der Waals surface area contributed by atoms with Gasteiger partial charge in [0.05, 0.1) is 28.4 Å². The molecule has 0 aromatic heterocycles. The van der Waals surface area contributed by atoms with Crippen LogP contribution in [0.2, 0.25) is 0 Å². The maximum absolute atomic E-state index is 13.5. The lowest BCUT2D eigenvalue weighted by molar-refractivity contribution is -0.119. The van der Waals surface area contributed by atoms with Gasteiger partial charge in [-0.2, -0.15) is 5.10 Å². The van der Waals surface area contributed by atoms with E-state index < -0.39 is 22.5 Å². The molecule has 0 bridgehead atoms. The van der Waals surface area contributed by atoms with Crippen LogP contribution in [-0.4, -0.2) is 34.2 Å². The Morgan fingerprint density at radius 3 is 2.34 bits per heavy atom. The third kappa shape index (κ3) is 7.53. The molecule has 4 aromatic rings. The standard InChI is InChI=1S/C31H30BrN3O5S/c1-22-13-15-24(16-14-22)21-40-31-27(32)17-25(18-29(31)39-3)19-33-34-30(36)20-35(28-12-8-7-9-23(28)2)41(37,38)26-10-5-4-6-11-26/h4-19H,20-21H2,1-3H3,(H,34,36)/b33-19-. The minimum absolute atomic E-state index is 0.0844. The first kappa shape index (κ1) is 29.8. The number of sulfonamides is 1. The predicted molar refractivity (Wildman–Crippen MR) is 164 cm³/mol. The lowest BCUT2D eigenvalue weighted by Crippen LogP contribution is -2.40. The zero-order chi connectivity index (χ0) is 29.4. The van der Waals surface area contributed by atoms with Crippen LogP contribution in [0.25, 0.3) is 0 Å². The normalized spacial score (nSPS) is 11.3. The molecule has 0 aliphatic heterocycles. The predicted octanol–water partition coefficient (Wildman–Crippen LogP) is 6.00. The molecule has 0 fully saturated rings. The Balaban J connectivity index is 1.48. The first-order valence-electron chi connectivity index (χ1n) is 12.7. The number of halogens is 1. The van der Waals surface area contributed by atoms with Gasteiger partial charge in [-0.05, 0) is 76.8 Å². The van der Waals surface area contributed by atoms with Crippen molar-refractivity contribution in [1.29, 1.82) is 0 Å². The summed E-state index contributed by atoms with van der Waals surface area (Å²) < 4.78 is 40.2. The number of anilines is 1. The zero-order valence-corrected chi connectivity index (χ0v) is 25.3. The highest BCUT2D eigenvalue weighted by Crippen LogP contribution is 2.37. The molecular weight excluding hydrogens is 606 g/mol. The van der Waals surface area contributed by atoms with E-state index in [1.54, 1.807) is 55.5 Å². The quantitative estimate of drug-likeness (QED) is 0.161. The van der Waals surface area contributed by atoms with E-state index in [-0.39, 0.29) is 4.90 Å². The third-order valence-electron chi connectivity index (χ3n) is 6.16. The minimum atomic E-state index is -4.01. The minimum Gasteiger partial charge on any atom is -0.493 e. The Hall–Kier alpha value is -4.15. The first-order valence-corrected chi connectivity index (χ1v) is 14.9. The molecule has 0 unspecified atom stereocenters. The molecule has 4 aromatic carbocycles. The average Bonchev–Trinajstić information content (AvgIpc) is 2.97. The largest absolute Gasteiger partial charge is 0.493 e. The number of carbonyl (C=O) groups is 1. The van der Waals surface area contributed by atoms with Crippen molar-refractivity contribution in [2.45, 2.75) is 25.3 Å². The summed E-state index contributed by atoms with van der Waals surface area (Å²) in [5, 5.41) is 4.05. The number of para-hydroxylation sites is 1. The van der Waals surface area contributed by atoms with E-state index in [1.807, 2.05) is 37.3 Å². The van der Waals surface area contributed by atoms with Gasteiger partial charge in [-0.15, -0.1) is 0 Å². The van der Waals surface area contributed by atoms with Gasteiger partial charge in [0.15, 0.2) is 11.5 Å². The van der Waals surface area contributed by atoms with Gasteiger partial charge in [-0.1, -0.05) is 66.2 Å². The van der Waals surface area contributed by atoms with Crippen LogP contribution < -0.4 is 19.2 Å². The number of aryl methyl sites for hydroxylation is 2. The van der Waals surface area contributed by atoms with Crippen molar-refractivity contribution in [2.75, 3.05) is 18.0 Å². The number of methoxy groups -OCH3 is 1. The highest BCUT2D eigenvalue weighted by Gasteiger charge is 2.28. The zero-order valence-electron chi connectivity index (χ0n) is 22.9. The molecule has 8 nitrogen and oxygen atoms in total. The Morgan fingerprint density at radius 1 is 0.976 bits per heavy atom. The van der Waals surface area contributed by atoms with Crippen LogP contribution in [0.3, 0.4) is 0 Å². The number of rotatable bonds is 11. The molecule has 0 heterocycles. The van der Waals surface area contributed by atoms with E-state index in [0.717, 1.165) is 9.87 Å². The molecule has 0 saturated carbocycles. The first-order chi connectivity index (χ1) is 19.7. The van der Waals surface area contributed by atoms with Gasteiger partial charge in [0, 0.05) is 0 Å². The van der Waals surface area contributed by atoms with Crippen LogP contribution >= 0.6 is 15.9 Å². The van der Waals surface area contributed by atoms with Crippen molar-refractivity contribution in [3.63, 3.8) is 0 Å². The van der Waals surface area contributed by atoms with E-state index in [0.29, 0.717) is 39.4 Å². The van der Waals surface area contributed by atoms with E-state index in [2.05, 4.69) is 26.5 Å². The summed E-state index contributed by atoms with van der Waals surface area (Å²) in [5.41, 5.74) is 6.37. The van der Waals surface area contributed by atoms with Gasteiger partial charge in [-0.25, -0.2) is 13.8 Å². The summed E-state index contributed by atoms with van der Waals surface area (Å²) in [6.45, 7) is 3.72. The van der Waals surface area contributed by atoms with Crippen LogP contribution in [-0.2, 0) is 21.4 Å². The second kappa shape index (κ2) is 13.5. The van der Waals surface area contributed by atoms with Crippen molar-refractivity contribution in [1.82, 2.24) is 5.43 Å². The maximum Gasteiger partial charge on any atom is 0.264 e. The molecule has 0 spiro atoms. The monoisotopic (exact) mass is 635 g/mol. The molecule has 0 saturated heterocycles. The summed E-state index contributed by atoms with van der Waals surface area (Å²) in [4.78, 5) is 13.0. The number of nitrogens with one attached hydrogen (secondary N) is 1. The van der Waals surface area contributed by atoms with Gasteiger partial charge < -0.3 is 9.47 Å². The molecule has 0 aliphatic carbocycles. The second-order valence-corrected chi connectivity index (χ2v) is 11.9. The lowest BCUT2D eigenvalue weighted by atomic mass is 10.2. The molecule has 1 N–H and O–H groups in total. The summed E-state index contributed by atoms with van der Waals surface area (Å²) in [6.07, 6.45) is 1.44. The van der Waals surface area contributed by atoms with Crippen molar-refractivity contribution in [3.05, 3.63) is 118 Å². The Labute approximate surface area is 248 Å². The molecule has 0 atom stereocenters. The maximum atomic E-state index is 13.5. The van der Waals surface area contributed by atoms with Gasteiger partial charge in [0.25, 0.3) is 15.9 Å². The smallest absolute Gasteiger partial charge is 0.264 e. The van der Waals surface area contributed by atoms with Crippen LogP contribution in [0.1, 0.15) is 22.3 Å². The van der Waals surface area contributed by atoms with Crippen molar-refractivity contribution < 1.29 is 22.7 Å². The molecule has 41 heavy (non-hydrogen) atoms. The van der Waals surface area contributed by atoms with E-state index in [9.17, 15) is 13.2 Å². The number of hydrazone groups is 1. The van der Waals surface area contributed by atoms with Gasteiger partial charge in [0.1, 0.15) is 13.2 Å². The average molecular weight is 637 g/mol. The second-order valence-electron chi connectivity index (χ2n) is 9.21. The number of ether oxygens (including phenoxy) is 2. The van der Waals surface area contributed by atoms with Crippen LogP contribution in [0.5, 0.6) is 11.5 Å². The number of carbonyl (C=O) groups excluding carboxylic acids is 1. The molecule has 0 radical (unpaired) electrons. The highest BCUT2D eigenvalue weighted by atomic mass is 79.9. The fraction of sp³-hybridized carbons (Fsp3) is 0.161. The Kier molecular flexibility index (Phi) is 9.80. The number of hydrogen-bond acceptors (Lipinski definition) is 6. The van der Waals surface area contributed by atoms with E-state index in [1.165, 1.54) is 31.0 Å². The Morgan fingerprint density at radius 2 is 1.66 bits per heavy atom. The molecule has 212 valence electrons. The molecular formula is C31H30BrN3O5S. The van der Waals surface area contributed by atoms with Crippen molar-refractivity contribution in [3.8, 4) is 11.5 Å². The van der Waals surface area contributed by atoms with Crippen LogP contribution in [0.4, 0.5) is 5.69 Å².